The molecule has 42 heavy (non-hydrogen) atoms. The van der Waals surface area contributed by atoms with Crippen molar-refractivity contribution in [3.8, 4) is 17.3 Å². The highest BCUT2D eigenvalue weighted by Gasteiger charge is 2.32. The van der Waals surface area contributed by atoms with Crippen LogP contribution >= 0.6 is 0 Å². The van der Waals surface area contributed by atoms with E-state index in [-0.39, 0.29) is 55.2 Å². The van der Waals surface area contributed by atoms with E-state index >= 15 is 0 Å². The van der Waals surface area contributed by atoms with E-state index in [0.717, 1.165) is 25.7 Å². The second kappa shape index (κ2) is 13.6. The molecule has 1 atom stereocenters. The van der Waals surface area contributed by atoms with Gasteiger partial charge >= 0.3 is 12.0 Å². The molecule has 1 saturated heterocycles. The fourth-order valence-corrected chi connectivity index (χ4v) is 5.00. The van der Waals surface area contributed by atoms with Gasteiger partial charge in [-0.2, -0.15) is 4.98 Å². The molecule has 12 nitrogen and oxygen atoms in total. The molecule has 4 amide bonds. The van der Waals surface area contributed by atoms with E-state index in [0.29, 0.717) is 24.5 Å². The number of carbonyl (C=O) groups excluding carboxylic acids is 3. The summed E-state index contributed by atoms with van der Waals surface area (Å²) in [6.07, 6.45) is 3.56. The number of ether oxygens (including phenoxy) is 1. The summed E-state index contributed by atoms with van der Waals surface area (Å²) in [5.41, 5.74) is 0.337. The largest absolute Gasteiger partial charge is 0.481 e. The molecule has 0 radical (unpaired) electrons. The maximum Gasteiger partial charge on any atom is 0.317 e. The van der Waals surface area contributed by atoms with Crippen molar-refractivity contribution < 1.29 is 29.0 Å². The van der Waals surface area contributed by atoms with Gasteiger partial charge in [-0.15, -0.1) is 0 Å². The van der Waals surface area contributed by atoms with E-state index in [1.807, 2.05) is 51.1 Å². The molecular formula is C30H40N6O6. The molecule has 226 valence electrons. The first-order valence-corrected chi connectivity index (χ1v) is 14.5. The molecule has 3 N–H and O–H groups in total. The van der Waals surface area contributed by atoms with E-state index < -0.39 is 23.8 Å². The Morgan fingerprint density at radius 3 is 2.26 bits per heavy atom. The molecule has 0 spiro atoms. The van der Waals surface area contributed by atoms with Gasteiger partial charge in [-0.05, 0) is 52.9 Å². The first-order chi connectivity index (χ1) is 20.0. The van der Waals surface area contributed by atoms with Crippen LogP contribution in [0.3, 0.4) is 0 Å². The van der Waals surface area contributed by atoms with Crippen LogP contribution in [0.15, 0.2) is 36.4 Å². The molecule has 1 aliphatic carbocycles. The normalized spacial score (nSPS) is 16.5. The molecule has 2 heterocycles. The van der Waals surface area contributed by atoms with Gasteiger partial charge < -0.3 is 30.3 Å². The predicted molar refractivity (Wildman–Crippen MR) is 155 cm³/mol. The number of hydrogen-bond donors (Lipinski definition) is 3. The third kappa shape index (κ3) is 8.64. The summed E-state index contributed by atoms with van der Waals surface area (Å²) >= 11 is 0. The maximum absolute atomic E-state index is 13.5. The van der Waals surface area contributed by atoms with Crippen LogP contribution in [-0.2, 0) is 9.59 Å². The summed E-state index contributed by atoms with van der Waals surface area (Å²) < 4.78 is 6.09. The Morgan fingerprint density at radius 2 is 1.64 bits per heavy atom. The number of aliphatic carboxylic acids is 1. The summed E-state index contributed by atoms with van der Waals surface area (Å²) in [5, 5.41) is 14.9. The van der Waals surface area contributed by atoms with Gasteiger partial charge in [-0.1, -0.05) is 30.3 Å². The van der Waals surface area contributed by atoms with Gasteiger partial charge in [0.1, 0.15) is 17.8 Å². The summed E-state index contributed by atoms with van der Waals surface area (Å²) in [4.78, 5) is 63.1. The van der Waals surface area contributed by atoms with Crippen molar-refractivity contribution in [3.05, 3.63) is 42.1 Å². The number of rotatable bonds is 9. The lowest BCUT2D eigenvalue weighted by molar-refractivity contribution is -0.138. The molecule has 12 heteroatoms. The van der Waals surface area contributed by atoms with Crippen LogP contribution in [0.4, 0.5) is 4.79 Å². The molecular weight excluding hydrogens is 540 g/mol. The fraction of sp³-hybridized carbons (Fsp3) is 0.533. The zero-order valence-corrected chi connectivity index (χ0v) is 24.5. The van der Waals surface area contributed by atoms with Gasteiger partial charge in [-0.25, -0.2) is 9.78 Å². The smallest absolute Gasteiger partial charge is 0.317 e. The average Bonchev–Trinajstić information content (AvgIpc) is 3.47. The van der Waals surface area contributed by atoms with Crippen molar-refractivity contribution in [2.24, 2.45) is 0 Å². The number of piperazine rings is 1. The lowest BCUT2D eigenvalue weighted by Crippen LogP contribution is -2.58. The lowest BCUT2D eigenvalue weighted by Gasteiger charge is -2.37. The Balaban J connectivity index is 1.50. The first kappa shape index (κ1) is 30.7. The molecule has 4 rings (SSSR count). The highest BCUT2D eigenvalue weighted by atomic mass is 16.5. The lowest BCUT2D eigenvalue weighted by atomic mass is 10.1. The minimum absolute atomic E-state index is 0.00785. The predicted octanol–water partition coefficient (Wildman–Crippen LogP) is 3.08. The molecule has 2 fully saturated rings. The van der Waals surface area contributed by atoms with Gasteiger partial charge in [0, 0.05) is 49.8 Å². The molecule has 1 unspecified atom stereocenters. The van der Waals surface area contributed by atoms with Gasteiger partial charge in [0.05, 0.1) is 0 Å². The monoisotopic (exact) mass is 580 g/mol. The zero-order valence-electron chi connectivity index (χ0n) is 24.5. The number of nitrogens with one attached hydrogen (secondary N) is 2. The highest BCUT2D eigenvalue weighted by molar-refractivity contribution is 5.96. The summed E-state index contributed by atoms with van der Waals surface area (Å²) in [7, 11) is 0. The number of aromatic nitrogens is 2. The standard InChI is InChI=1S/C30H40N6O6/c1-30(2,3)34-29(41)36-17-15-35(16-18-36)28(40)22(13-14-25(37)38)32-27(39)23-19-24(42-21-11-7-8-12-21)33-26(31-23)20-9-5-4-6-10-20/h4-6,9-10,19,21-22H,7-8,11-18H2,1-3H3,(H,32,39)(H,34,41)(H,37,38). The van der Waals surface area contributed by atoms with Gasteiger partial charge in [0.15, 0.2) is 5.82 Å². The molecule has 0 bridgehead atoms. The number of carbonyl (C=O) groups is 4. The number of hydrogen-bond acceptors (Lipinski definition) is 7. The van der Waals surface area contributed by atoms with Crippen molar-refractivity contribution >= 4 is 23.8 Å². The fourth-order valence-electron chi connectivity index (χ4n) is 5.00. The first-order valence-electron chi connectivity index (χ1n) is 14.5. The van der Waals surface area contributed by atoms with Crippen LogP contribution in [-0.4, -0.2) is 92.6 Å². The Labute approximate surface area is 245 Å². The van der Waals surface area contributed by atoms with Crippen LogP contribution in [0, 0.1) is 0 Å². The Morgan fingerprint density at radius 1 is 1.00 bits per heavy atom. The highest BCUT2D eigenvalue weighted by Crippen LogP contribution is 2.25. The molecule has 1 aromatic carbocycles. The number of benzene rings is 1. The quantitative estimate of drug-likeness (QED) is 0.409. The minimum atomic E-state index is -1.09. The van der Waals surface area contributed by atoms with Gasteiger partial charge in [0.25, 0.3) is 5.91 Å². The topological polar surface area (TPSA) is 154 Å². The summed E-state index contributed by atoms with van der Waals surface area (Å²) in [5.74, 6) is -1.52. The van der Waals surface area contributed by atoms with Crippen molar-refractivity contribution in [1.29, 1.82) is 0 Å². The Bertz CT molecular complexity index is 1270. The molecule has 2 aliphatic rings. The number of urea groups is 1. The Hall–Kier alpha value is -4.22. The Kier molecular flexibility index (Phi) is 9.97. The van der Waals surface area contributed by atoms with Crippen LogP contribution < -0.4 is 15.4 Å². The number of carboxylic acids is 1. The molecule has 1 aliphatic heterocycles. The average molecular weight is 581 g/mol. The van der Waals surface area contributed by atoms with Gasteiger partial charge in [0.2, 0.25) is 11.8 Å². The van der Waals surface area contributed by atoms with E-state index in [1.54, 1.807) is 9.80 Å². The second-order valence-corrected chi connectivity index (χ2v) is 11.8. The van der Waals surface area contributed by atoms with Crippen molar-refractivity contribution in [2.75, 3.05) is 26.2 Å². The van der Waals surface area contributed by atoms with E-state index in [9.17, 15) is 24.3 Å². The van der Waals surface area contributed by atoms with Crippen molar-refractivity contribution in [2.45, 2.75) is 77.0 Å². The van der Waals surface area contributed by atoms with E-state index in [4.69, 9.17) is 4.74 Å². The van der Waals surface area contributed by atoms with Crippen molar-refractivity contribution in [1.82, 2.24) is 30.4 Å². The van der Waals surface area contributed by atoms with Crippen LogP contribution in [0.2, 0.25) is 0 Å². The number of nitrogens with zero attached hydrogens (tertiary/aromatic N) is 4. The molecule has 1 aromatic heterocycles. The van der Waals surface area contributed by atoms with Crippen molar-refractivity contribution in [3.63, 3.8) is 0 Å². The zero-order chi connectivity index (χ0) is 30.3. The summed E-state index contributed by atoms with van der Waals surface area (Å²) in [6, 6.07) is 9.38. The summed E-state index contributed by atoms with van der Waals surface area (Å²) in [6.45, 7) is 6.85. The van der Waals surface area contributed by atoms with Crippen LogP contribution in [0.1, 0.15) is 69.8 Å². The third-order valence-electron chi connectivity index (χ3n) is 7.17. The minimum Gasteiger partial charge on any atom is -0.481 e. The van der Waals surface area contributed by atoms with Gasteiger partial charge in [-0.3, -0.25) is 14.4 Å². The molecule has 2 aromatic rings. The maximum atomic E-state index is 13.5. The number of carboxylic acid groups (broad SMARTS) is 1. The van der Waals surface area contributed by atoms with E-state index in [1.165, 1.54) is 6.07 Å². The van der Waals surface area contributed by atoms with Crippen LogP contribution in [0.5, 0.6) is 5.88 Å². The van der Waals surface area contributed by atoms with E-state index in [2.05, 4.69) is 20.6 Å². The number of amides is 4. The molecule has 1 saturated carbocycles. The second-order valence-electron chi connectivity index (χ2n) is 11.8. The third-order valence-corrected chi connectivity index (χ3v) is 7.17. The van der Waals surface area contributed by atoms with Crippen LogP contribution in [0.25, 0.3) is 11.4 Å². The SMILES string of the molecule is CC(C)(C)NC(=O)N1CCN(C(=O)C(CCC(=O)O)NC(=O)c2cc(OC3CCCC3)nc(-c3ccccc3)n2)CC1.